The largest absolute Gasteiger partial charge is 0.339 e. The van der Waals surface area contributed by atoms with E-state index in [0.29, 0.717) is 6.04 Å². The first-order chi connectivity index (χ1) is 10.8. The number of piperidine rings is 1. The zero-order valence-electron chi connectivity index (χ0n) is 13.0. The van der Waals surface area contributed by atoms with Crippen molar-refractivity contribution in [3.8, 4) is 0 Å². The third-order valence-corrected chi connectivity index (χ3v) is 3.92. The first-order valence-electron chi connectivity index (χ1n) is 7.93. The van der Waals surface area contributed by atoms with Crippen LogP contribution >= 0.6 is 0 Å². The van der Waals surface area contributed by atoms with Crippen molar-refractivity contribution < 1.29 is 4.52 Å². The van der Waals surface area contributed by atoms with Crippen molar-refractivity contribution in [1.82, 2.24) is 35.1 Å². The molecule has 8 heteroatoms. The molecule has 120 valence electrons. The quantitative estimate of drug-likeness (QED) is 0.796. The van der Waals surface area contributed by atoms with Crippen LogP contribution in [0.3, 0.4) is 0 Å². The number of aryl methyl sites for hydroxylation is 1. The first-order valence-corrected chi connectivity index (χ1v) is 7.93. The van der Waals surface area contributed by atoms with E-state index in [9.17, 15) is 0 Å². The fourth-order valence-corrected chi connectivity index (χ4v) is 2.80. The second-order valence-electron chi connectivity index (χ2n) is 5.64. The minimum Gasteiger partial charge on any atom is -0.339 e. The van der Waals surface area contributed by atoms with Crippen molar-refractivity contribution in [2.75, 3.05) is 19.6 Å². The number of rotatable bonds is 7. The maximum Gasteiger partial charge on any atom is 0.226 e. The highest BCUT2D eigenvalue weighted by Crippen LogP contribution is 2.12. The van der Waals surface area contributed by atoms with E-state index >= 15 is 0 Å². The average Bonchev–Trinajstić information content (AvgIpc) is 3.19. The Bertz CT molecular complexity index is 553. The van der Waals surface area contributed by atoms with E-state index in [0.717, 1.165) is 50.9 Å². The fourth-order valence-electron chi connectivity index (χ4n) is 2.80. The van der Waals surface area contributed by atoms with Gasteiger partial charge in [0.2, 0.25) is 5.89 Å². The van der Waals surface area contributed by atoms with Crippen molar-refractivity contribution >= 4 is 0 Å². The van der Waals surface area contributed by atoms with Gasteiger partial charge in [0.25, 0.3) is 0 Å². The van der Waals surface area contributed by atoms with E-state index in [1.807, 2.05) is 11.6 Å². The van der Waals surface area contributed by atoms with Crippen molar-refractivity contribution in [3.63, 3.8) is 0 Å². The lowest BCUT2D eigenvalue weighted by atomic mass is 10.1. The van der Waals surface area contributed by atoms with E-state index in [2.05, 4.69) is 30.4 Å². The smallest absolute Gasteiger partial charge is 0.226 e. The highest BCUT2D eigenvalue weighted by molar-refractivity contribution is 4.88. The Balaban J connectivity index is 1.42. The van der Waals surface area contributed by atoms with Gasteiger partial charge in [0.1, 0.15) is 12.7 Å². The van der Waals surface area contributed by atoms with Crippen LogP contribution in [0, 0.1) is 0 Å². The SMILES string of the molecule is CCc1nc(CN2CCC[C@H](NCCn3cncn3)C2)no1. The topological polar surface area (TPSA) is 84.9 Å². The summed E-state index contributed by atoms with van der Waals surface area (Å²) in [4.78, 5) is 10.7. The molecule has 2 aromatic heterocycles. The third kappa shape index (κ3) is 4.11. The van der Waals surface area contributed by atoms with Gasteiger partial charge < -0.3 is 9.84 Å². The molecule has 22 heavy (non-hydrogen) atoms. The van der Waals surface area contributed by atoms with E-state index in [1.165, 1.54) is 12.8 Å². The summed E-state index contributed by atoms with van der Waals surface area (Å²) in [5, 5.41) is 11.7. The molecule has 1 fully saturated rings. The summed E-state index contributed by atoms with van der Waals surface area (Å²) in [5.74, 6) is 1.51. The second kappa shape index (κ2) is 7.46. The first kappa shape index (κ1) is 15.1. The summed E-state index contributed by atoms with van der Waals surface area (Å²) in [6.07, 6.45) is 6.51. The van der Waals surface area contributed by atoms with Crippen LogP contribution in [-0.2, 0) is 19.5 Å². The van der Waals surface area contributed by atoms with Crippen LogP contribution in [0.25, 0.3) is 0 Å². The molecule has 0 radical (unpaired) electrons. The lowest BCUT2D eigenvalue weighted by molar-refractivity contribution is 0.177. The Labute approximate surface area is 129 Å². The number of nitrogens with one attached hydrogen (secondary N) is 1. The van der Waals surface area contributed by atoms with Gasteiger partial charge in [-0.3, -0.25) is 9.58 Å². The van der Waals surface area contributed by atoms with Gasteiger partial charge in [0, 0.05) is 25.6 Å². The molecule has 0 saturated carbocycles. The predicted octanol–water partition coefficient (Wildman–Crippen LogP) is 0.478. The zero-order chi connectivity index (χ0) is 15.2. The van der Waals surface area contributed by atoms with Gasteiger partial charge in [-0.1, -0.05) is 12.1 Å². The summed E-state index contributed by atoms with van der Waals surface area (Å²) in [6, 6.07) is 0.509. The molecule has 0 bridgehead atoms. The van der Waals surface area contributed by atoms with Crippen molar-refractivity contribution in [2.24, 2.45) is 0 Å². The van der Waals surface area contributed by atoms with Crippen molar-refractivity contribution in [2.45, 2.75) is 45.3 Å². The minimum absolute atomic E-state index is 0.509. The molecule has 3 heterocycles. The van der Waals surface area contributed by atoms with Gasteiger partial charge in [0.05, 0.1) is 13.1 Å². The average molecular weight is 305 g/mol. The fraction of sp³-hybridized carbons (Fsp3) is 0.714. The molecule has 1 aliphatic rings. The van der Waals surface area contributed by atoms with E-state index in [1.54, 1.807) is 12.7 Å². The standard InChI is InChI=1S/C14H23N7O/c1-2-14-18-13(19-22-14)9-20-6-3-4-12(8-20)16-5-7-21-11-15-10-17-21/h10-12,16H,2-9H2,1H3/t12-/m0/s1. The van der Waals surface area contributed by atoms with Crippen LogP contribution in [-0.4, -0.2) is 55.5 Å². The Hall–Kier alpha value is -1.80. The van der Waals surface area contributed by atoms with Crippen LogP contribution in [0.15, 0.2) is 17.2 Å². The van der Waals surface area contributed by atoms with Crippen LogP contribution < -0.4 is 5.32 Å². The molecular weight excluding hydrogens is 282 g/mol. The second-order valence-corrected chi connectivity index (χ2v) is 5.64. The van der Waals surface area contributed by atoms with Gasteiger partial charge >= 0.3 is 0 Å². The van der Waals surface area contributed by atoms with Crippen LogP contribution in [0.4, 0.5) is 0 Å². The summed E-state index contributed by atoms with van der Waals surface area (Å²) < 4.78 is 7.02. The summed E-state index contributed by atoms with van der Waals surface area (Å²) in [7, 11) is 0. The maximum atomic E-state index is 5.17. The molecular formula is C14H23N7O. The number of hydrogen-bond acceptors (Lipinski definition) is 7. The van der Waals surface area contributed by atoms with Gasteiger partial charge in [-0.25, -0.2) is 4.98 Å². The number of nitrogens with zero attached hydrogens (tertiary/aromatic N) is 6. The molecule has 0 spiro atoms. The highest BCUT2D eigenvalue weighted by atomic mass is 16.5. The predicted molar refractivity (Wildman–Crippen MR) is 80.0 cm³/mol. The van der Waals surface area contributed by atoms with Crippen molar-refractivity contribution in [1.29, 1.82) is 0 Å². The summed E-state index contributed by atoms with van der Waals surface area (Å²) >= 11 is 0. The number of hydrogen-bond donors (Lipinski definition) is 1. The Kier molecular flexibility index (Phi) is 5.12. The van der Waals surface area contributed by atoms with Gasteiger partial charge in [-0.2, -0.15) is 10.1 Å². The Morgan fingerprint density at radius 3 is 3.18 bits per heavy atom. The van der Waals surface area contributed by atoms with Gasteiger partial charge in [0.15, 0.2) is 5.82 Å². The lowest BCUT2D eigenvalue weighted by Gasteiger charge is -2.32. The maximum absolute atomic E-state index is 5.17. The molecule has 2 aromatic rings. The zero-order valence-corrected chi connectivity index (χ0v) is 13.0. The van der Waals surface area contributed by atoms with Crippen molar-refractivity contribution in [3.05, 3.63) is 24.4 Å². The molecule has 8 nitrogen and oxygen atoms in total. The van der Waals surface area contributed by atoms with Crippen LogP contribution in [0.2, 0.25) is 0 Å². The molecule has 1 aliphatic heterocycles. The molecule has 0 aromatic carbocycles. The molecule has 1 saturated heterocycles. The molecule has 0 amide bonds. The highest BCUT2D eigenvalue weighted by Gasteiger charge is 2.20. The molecule has 0 unspecified atom stereocenters. The molecule has 1 atom stereocenters. The summed E-state index contributed by atoms with van der Waals surface area (Å²) in [5.41, 5.74) is 0. The monoisotopic (exact) mass is 305 g/mol. The molecule has 3 rings (SSSR count). The number of aromatic nitrogens is 5. The molecule has 1 N–H and O–H groups in total. The minimum atomic E-state index is 0.509. The number of likely N-dealkylation sites (tertiary alicyclic amines) is 1. The van der Waals surface area contributed by atoms with E-state index in [4.69, 9.17) is 4.52 Å². The Morgan fingerprint density at radius 2 is 2.41 bits per heavy atom. The van der Waals surface area contributed by atoms with Gasteiger partial charge in [-0.05, 0) is 19.4 Å². The van der Waals surface area contributed by atoms with E-state index < -0.39 is 0 Å². The van der Waals surface area contributed by atoms with Crippen LogP contribution in [0.5, 0.6) is 0 Å². The van der Waals surface area contributed by atoms with Crippen LogP contribution in [0.1, 0.15) is 31.5 Å². The lowest BCUT2D eigenvalue weighted by Crippen LogP contribution is -2.46. The third-order valence-electron chi connectivity index (χ3n) is 3.92. The Morgan fingerprint density at radius 1 is 1.45 bits per heavy atom. The van der Waals surface area contributed by atoms with Gasteiger partial charge in [-0.15, -0.1) is 0 Å². The summed E-state index contributed by atoms with van der Waals surface area (Å²) in [6.45, 7) is 6.66. The molecule has 0 aliphatic carbocycles. The van der Waals surface area contributed by atoms with E-state index in [-0.39, 0.29) is 0 Å². The normalized spacial score (nSPS) is 19.6.